The first-order valence-corrected chi connectivity index (χ1v) is 6.53. The van der Waals surface area contributed by atoms with Crippen molar-refractivity contribution in [2.75, 3.05) is 5.75 Å². The smallest absolute Gasteiger partial charge is 0.119 e. The molecule has 1 rings (SSSR count). The second-order valence-corrected chi connectivity index (χ2v) is 5.20. The van der Waals surface area contributed by atoms with Crippen molar-refractivity contribution < 1.29 is 4.79 Å². The highest BCUT2D eigenvalue weighted by molar-refractivity contribution is 7.99. The number of thioether (sulfide) groups is 1. The summed E-state index contributed by atoms with van der Waals surface area (Å²) in [5.74, 6) is 1.26. The Labute approximate surface area is 85.7 Å². The maximum atomic E-state index is 10.1. The van der Waals surface area contributed by atoms with Crippen molar-refractivity contribution >= 4 is 18.0 Å². The van der Waals surface area contributed by atoms with E-state index in [9.17, 15) is 4.79 Å². The molecule has 0 spiro atoms. The predicted molar refractivity (Wildman–Crippen MR) is 59.2 cm³/mol. The highest BCUT2D eigenvalue weighted by Gasteiger charge is 2.12. The van der Waals surface area contributed by atoms with Gasteiger partial charge in [-0.15, -0.1) is 0 Å². The molecule has 0 N–H and O–H groups in total. The molecule has 0 aromatic rings. The number of hydrogen-bond donors (Lipinski definition) is 0. The van der Waals surface area contributed by atoms with Crippen LogP contribution in [0.2, 0.25) is 0 Å². The van der Waals surface area contributed by atoms with Crippen molar-refractivity contribution in [3.63, 3.8) is 0 Å². The summed E-state index contributed by atoms with van der Waals surface area (Å²) in [5, 5.41) is 0.935. The number of unbranched alkanes of at least 4 members (excludes halogenated alkanes) is 2. The van der Waals surface area contributed by atoms with Crippen molar-refractivity contribution in [2.45, 2.75) is 56.6 Å². The van der Waals surface area contributed by atoms with Crippen LogP contribution in [-0.2, 0) is 4.79 Å². The van der Waals surface area contributed by atoms with Crippen LogP contribution in [0.5, 0.6) is 0 Å². The molecule has 2 heteroatoms. The van der Waals surface area contributed by atoms with Crippen molar-refractivity contribution in [2.24, 2.45) is 0 Å². The average molecular weight is 200 g/mol. The standard InChI is InChI=1S/C11H20OS/c12-9-5-2-6-10-13-11-7-3-1-4-8-11/h9,11H,1-8,10H2. The number of hydrogen-bond acceptors (Lipinski definition) is 2. The van der Waals surface area contributed by atoms with E-state index in [1.807, 2.05) is 0 Å². The molecule has 1 saturated carbocycles. The summed E-state index contributed by atoms with van der Waals surface area (Å²) in [5.41, 5.74) is 0. The Morgan fingerprint density at radius 3 is 2.62 bits per heavy atom. The third kappa shape index (κ3) is 5.35. The van der Waals surface area contributed by atoms with Gasteiger partial charge in [0.25, 0.3) is 0 Å². The van der Waals surface area contributed by atoms with Crippen LogP contribution in [0, 0.1) is 0 Å². The Bertz CT molecular complexity index is 130. The van der Waals surface area contributed by atoms with E-state index in [0.29, 0.717) is 0 Å². The van der Waals surface area contributed by atoms with Gasteiger partial charge in [-0.05, 0) is 31.4 Å². The zero-order valence-corrected chi connectivity index (χ0v) is 9.15. The first-order valence-electron chi connectivity index (χ1n) is 5.48. The maximum Gasteiger partial charge on any atom is 0.119 e. The molecule has 76 valence electrons. The Kier molecular flexibility index (Phi) is 6.34. The molecule has 1 fully saturated rings. The minimum absolute atomic E-state index is 0.755. The van der Waals surface area contributed by atoms with E-state index in [0.717, 1.165) is 24.4 Å². The van der Waals surface area contributed by atoms with Gasteiger partial charge in [-0.3, -0.25) is 0 Å². The molecule has 0 aromatic heterocycles. The van der Waals surface area contributed by atoms with Crippen LogP contribution in [-0.4, -0.2) is 17.3 Å². The SMILES string of the molecule is O=CCCCCSC1CCCCC1. The normalized spacial score (nSPS) is 18.8. The van der Waals surface area contributed by atoms with Gasteiger partial charge in [-0.25, -0.2) is 0 Å². The molecule has 1 aliphatic rings. The summed E-state index contributed by atoms with van der Waals surface area (Å²) in [7, 11) is 0. The van der Waals surface area contributed by atoms with E-state index in [1.165, 1.54) is 44.3 Å². The second kappa shape index (κ2) is 7.43. The molecule has 0 aliphatic heterocycles. The fourth-order valence-electron chi connectivity index (χ4n) is 1.81. The summed E-state index contributed by atoms with van der Waals surface area (Å²) in [6.07, 6.45) is 11.3. The zero-order valence-electron chi connectivity index (χ0n) is 8.34. The number of carbonyl (C=O) groups is 1. The van der Waals surface area contributed by atoms with E-state index in [1.54, 1.807) is 0 Å². The fraction of sp³-hybridized carbons (Fsp3) is 0.909. The molecule has 13 heavy (non-hydrogen) atoms. The van der Waals surface area contributed by atoms with Crippen LogP contribution in [0.25, 0.3) is 0 Å². The van der Waals surface area contributed by atoms with E-state index in [-0.39, 0.29) is 0 Å². The largest absolute Gasteiger partial charge is 0.303 e. The molecule has 1 aliphatic carbocycles. The number of aldehydes is 1. The zero-order chi connectivity index (χ0) is 9.36. The second-order valence-electron chi connectivity index (χ2n) is 3.79. The van der Waals surface area contributed by atoms with Gasteiger partial charge in [0.1, 0.15) is 6.29 Å². The van der Waals surface area contributed by atoms with Gasteiger partial charge in [-0.2, -0.15) is 11.8 Å². The van der Waals surface area contributed by atoms with Crippen LogP contribution in [0.4, 0.5) is 0 Å². The van der Waals surface area contributed by atoms with Crippen molar-refractivity contribution in [3.05, 3.63) is 0 Å². The summed E-state index contributed by atoms with van der Waals surface area (Å²) in [6, 6.07) is 0. The molecule has 0 aromatic carbocycles. The summed E-state index contributed by atoms with van der Waals surface area (Å²) < 4.78 is 0. The highest BCUT2D eigenvalue weighted by Crippen LogP contribution is 2.28. The third-order valence-electron chi connectivity index (χ3n) is 2.62. The highest BCUT2D eigenvalue weighted by atomic mass is 32.2. The molecule has 0 heterocycles. The average Bonchev–Trinajstić information content (AvgIpc) is 2.19. The van der Waals surface area contributed by atoms with E-state index in [2.05, 4.69) is 11.8 Å². The molecule has 0 atom stereocenters. The molecule has 0 amide bonds. The van der Waals surface area contributed by atoms with Crippen LogP contribution in [0.3, 0.4) is 0 Å². The minimum Gasteiger partial charge on any atom is -0.303 e. The molecule has 0 unspecified atom stereocenters. The topological polar surface area (TPSA) is 17.1 Å². The quantitative estimate of drug-likeness (QED) is 0.483. The Balaban J connectivity index is 1.89. The Morgan fingerprint density at radius 1 is 1.15 bits per heavy atom. The summed E-state index contributed by atoms with van der Waals surface area (Å²) >= 11 is 2.13. The van der Waals surface area contributed by atoms with Crippen molar-refractivity contribution in [1.82, 2.24) is 0 Å². The van der Waals surface area contributed by atoms with Gasteiger partial charge in [0, 0.05) is 11.7 Å². The number of rotatable bonds is 6. The fourth-order valence-corrected chi connectivity index (χ4v) is 3.18. The Morgan fingerprint density at radius 2 is 1.92 bits per heavy atom. The number of carbonyl (C=O) groups excluding carboxylic acids is 1. The summed E-state index contributed by atoms with van der Waals surface area (Å²) in [4.78, 5) is 10.1. The molecule has 0 bridgehead atoms. The molecule has 0 saturated heterocycles. The van der Waals surface area contributed by atoms with Gasteiger partial charge in [-0.1, -0.05) is 19.3 Å². The lowest BCUT2D eigenvalue weighted by Gasteiger charge is -2.20. The van der Waals surface area contributed by atoms with Crippen LogP contribution < -0.4 is 0 Å². The van der Waals surface area contributed by atoms with Gasteiger partial charge in [0.15, 0.2) is 0 Å². The van der Waals surface area contributed by atoms with E-state index >= 15 is 0 Å². The monoisotopic (exact) mass is 200 g/mol. The Hall–Kier alpha value is 0.0200. The van der Waals surface area contributed by atoms with Crippen LogP contribution >= 0.6 is 11.8 Å². The van der Waals surface area contributed by atoms with Gasteiger partial charge >= 0.3 is 0 Å². The van der Waals surface area contributed by atoms with Gasteiger partial charge < -0.3 is 4.79 Å². The third-order valence-corrected chi connectivity index (χ3v) is 4.09. The molecular weight excluding hydrogens is 180 g/mol. The van der Waals surface area contributed by atoms with Crippen LogP contribution in [0.15, 0.2) is 0 Å². The van der Waals surface area contributed by atoms with E-state index < -0.39 is 0 Å². The lowest BCUT2D eigenvalue weighted by molar-refractivity contribution is -0.107. The first-order chi connectivity index (χ1) is 6.43. The van der Waals surface area contributed by atoms with Gasteiger partial charge in [0.05, 0.1) is 0 Å². The first kappa shape index (κ1) is 11.1. The molecular formula is C11H20OS. The van der Waals surface area contributed by atoms with Crippen molar-refractivity contribution in [3.8, 4) is 0 Å². The van der Waals surface area contributed by atoms with Gasteiger partial charge in [0.2, 0.25) is 0 Å². The molecule has 1 nitrogen and oxygen atoms in total. The van der Waals surface area contributed by atoms with E-state index in [4.69, 9.17) is 0 Å². The van der Waals surface area contributed by atoms with Crippen LogP contribution in [0.1, 0.15) is 51.4 Å². The lowest BCUT2D eigenvalue weighted by atomic mass is 10.0. The summed E-state index contributed by atoms with van der Waals surface area (Å²) in [6.45, 7) is 0. The lowest BCUT2D eigenvalue weighted by Crippen LogP contribution is -2.08. The minimum atomic E-state index is 0.755. The molecule has 0 radical (unpaired) electrons. The predicted octanol–water partition coefficient (Wildman–Crippen LogP) is 3.42. The van der Waals surface area contributed by atoms with Crippen molar-refractivity contribution in [1.29, 1.82) is 0 Å². The maximum absolute atomic E-state index is 10.1.